The second-order valence-corrected chi connectivity index (χ2v) is 8.25. The molecule has 0 bridgehead atoms. The number of likely N-dealkylation sites (tertiary alicyclic amines) is 1. The highest BCUT2D eigenvalue weighted by Crippen LogP contribution is 2.41. The van der Waals surface area contributed by atoms with Crippen molar-refractivity contribution in [3.05, 3.63) is 30.1 Å². The van der Waals surface area contributed by atoms with E-state index in [0.717, 1.165) is 51.5 Å². The standard InChI is InChI=1S/C21H30N2O3/c24-20(18-7-3-10-22-13-18)23-11-8-19-21(15-23,9-4-12-26-19)16-25-14-17-5-1-2-6-17/h3,7,10,13,17,19H,1-2,4-6,8-9,11-12,14-16H2. The Hall–Kier alpha value is -1.46. The van der Waals surface area contributed by atoms with Gasteiger partial charge in [0, 0.05) is 44.1 Å². The van der Waals surface area contributed by atoms with Crippen LogP contribution in [-0.4, -0.2) is 54.8 Å². The fourth-order valence-corrected chi connectivity index (χ4v) is 4.95. The van der Waals surface area contributed by atoms with Gasteiger partial charge in [0.1, 0.15) is 0 Å². The minimum atomic E-state index is -0.0486. The molecule has 2 unspecified atom stereocenters. The number of pyridine rings is 1. The second kappa shape index (κ2) is 8.05. The van der Waals surface area contributed by atoms with E-state index >= 15 is 0 Å². The van der Waals surface area contributed by atoms with Crippen molar-refractivity contribution in [2.75, 3.05) is 32.9 Å². The van der Waals surface area contributed by atoms with Gasteiger partial charge < -0.3 is 14.4 Å². The second-order valence-electron chi connectivity index (χ2n) is 8.25. The molecule has 1 saturated carbocycles. The maximum Gasteiger partial charge on any atom is 0.255 e. The molecule has 0 N–H and O–H groups in total. The van der Waals surface area contributed by atoms with Gasteiger partial charge in [0.05, 0.1) is 18.3 Å². The van der Waals surface area contributed by atoms with Crippen LogP contribution in [-0.2, 0) is 9.47 Å². The van der Waals surface area contributed by atoms with Crippen molar-refractivity contribution in [3.8, 4) is 0 Å². The molecule has 3 heterocycles. The minimum absolute atomic E-state index is 0.0486. The van der Waals surface area contributed by atoms with Crippen LogP contribution in [0.15, 0.2) is 24.5 Å². The molecule has 3 aliphatic rings. The summed E-state index contributed by atoms with van der Waals surface area (Å²) in [5.74, 6) is 0.809. The van der Waals surface area contributed by atoms with Crippen LogP contribution in [0.2, 0.25) is 0 Å². The molecule has 1 aromatic heterocycles. The van der Waals surface area contributed by atoms with Crippen LogP contribution in [0.4, 0.5) is 0 Å². The van der Waals surface area contributed by atoms with Gasteiger partial charge in [0.2, 0.25) is 0 Å². The summed E-state index contributed by atoms with van der Waals surface area (Å²) in [6.07, 6.45) is 11.9. The quantitative estimate of drug-likeness (QED) is 0.810. The summed E-state index contributed by atoms with van der Waals surface area (Å²) in [6.45, 7) is 3.90. The molecule has 2 atom stereocenters. The summed E-state index contributed by atoms with van der Waals surface area (Å²) in [7, 11) is 0. The van der Waals surface area contributed by atoms with Crippen LogP contribution in [0, 0.1) is 11.3 Å². The van der Waals surface area contributed by atoms with E-state index in [1.54, 1.807) is 12.4 Å². The lowest BCUT2D eigenvalue weighted by Gasteiger charge is -2.50. The lowest BCUT2D eigenvalue weighted by atomic mass is 9.73. The number of piperidine rings is 1. The first-order chi connectivity index (χ1) is 12.8. The highest BCUT2D eigenvalue weighted by atomic mass is 16.5. The SMILES string of the molecule is O=C(c1cccnc1)N1CCC2OCCCC2(COCC2CCCC2)C1. The topological polar surface area (TPSA) is 51.7 Å². The van der Waals surface area contributed by atoms with Crippen molar-refractivity contribution in [1.82, 2.24) is 9.88 Å². The number of fused-ring (bicyclic) bond motifs is 1. The fraction of sp³-hybridized carbons (Fsp3) is 0.714. The van der Waals surface area contributed by atoms with E-state index in [1.165, 1.54) is 25.7 Å². The molecule has 1 aromatic rings. The maximum absolute atomic E-state index is 12.9. The molecule has 0 radical (unpaired) electrons. The molecule has 26 heavy (non-hydrogen) atoms. The summed E-state index contributed by atoms with van der Waals surface area (Å²) >= 11 is 0. The third kappa shape index (κ3) is 3.79. The molecule has 2 saturated heterocycles. The van der Waals surface area contributed by atoms with Crippen molar-refractivity contribution in [3.63, 3.8) is 0 Å². The van der Waals surface area contributed by atoms with Crippen LogP contribution in [0.3, 0.4) is 0 Å². The number of hydrogen-bond donors (Lipinski definition) is 0. The summed E-state index contributed by atoms with van der Waals surface area (Å²) < 4.78 is 12.3. The Morgan fingerprint density at radius 2 is 2.19 bits per heavy atom. The van der Waals surface area contributed by atoms with Gasteiger partial charge in [-0.2, -0.15) is 0 Å². The number of nitrogens with zero attached hydrogens (tertiary/aromatic N) is 2. The number of aromatic nitrogens is 1. The van der Waals surface area contributed by atoms with E-state index in [9.17, 15) is 4.79 Å². The van der Waals surface area contributed by atoms with Crippen LogP contribution in [0.5, 0.6) is 0 Å². The normalized spacial score (nSPS) is 29.5. The van der Waals surface area contributed by atoms with E-state index in [4.69, 9.17) is 9.47 Å². The van der Waals surface area contributed by atoms with E-state index in [1.807, 2.05) is 17.0 Å². The summed E-state index contributed by atoms with van der Waals surface area (Å²) in [4.78, 5) is 19.0. The highest BCUT2D eigenvalue weighted by Gasteiger charge is 2.47. The predicted octanol–water partition coefficient (Wildman–Crippen LogP) is 3.30. The number of carbonyl (C=O) groups is 1. The molecule has 0 aromatic carbocycles. The molecular weight excluding hydrogens is 328 g/mol. The van der Waals surface area contributed by atoms with Gasteiger partial charge in [-0.05, 0) is 50.2 Å². The zero-order valence-electron chi connectivity index (χ0n) is 15.6. The van der Waals surface area contributed by atoms with Crippen LogP contribution < -0.4 is 0 Å². The van der Waals surface area contributed by atoms with Crippen molar-refractivity contribution in [2.24, 2.45) is 11.3 Å². The van der Waals surface area contributed by atoms with Crippen molar-refractivity contribution >= 4 is 5.91 Å². The number of ether oxygens (including phenoxy) is 2. The predicted molar refractivity (Wildman–Crippen MR) is 98.9 cm³/mol. The Bertz CT molecular complexity index is 603. The highest BCUT2D eigenvalue weighted by molar-refractivity contribution is 5.94. The number of amides is 1. The monoisotopic (exact) mass is 358 g/mol. The zero-order chi connectivity index (χ0) is 17.8. The maximum atomic E-state index is 12.9. The lowest BCUT2D eigenvalue weighted by molar-refractivity contribution is -0.148. The first-order valence-corrected chi connectivity index (χ1v) is 10.2. The van der Waals surface area contributed by atoms with Crippen LogP contribution >= 0.6 is 0 Å². The average molecular weight is 358 g/mol. The Morgan fingerprint density at radius 1 is 1.31 bits per heavy atom. The average Bonchev–Trinajstić information content (AvgIpc) is 3.21. The summed E-state index contributed by atoms with van der Waals surface area (Å²) in [6, 6.07) is 3.67. The molecule has 4 rings (SSSR count). The first-order valence-electron chi connectivity index (χ1n) is 10.2. The van der Waals surface area contributed by atoms with E-state index < -0.39 is 0 Å². The first kappa shape index (κ1) is 17.9. The Morgan fingerprint density at radius 3 is 3.00 bits per heavy atom. The Labute approximate surface area is 156 Å². The third-order valence-corrected chi connectivity index (χ3v) is 6.40. The molecule has 142 valence electrons. The minimum Gasteiger partial charge on any atom is -0.380 e. The van der Waals surface area contributed by atoms with Gasteiger partial charge in [0.15, 0.2) is 0 Å². The molecule has 5 heteroatoms. The molecule has 0 spiro atoms. The van der Waals surface area contributed by atoms with Gasteiger partial charge in [-0.1, -0.05) is 12.8 Å². The van der Waals surface area contributed by atoms with Gasteiger partial charge in [0.25, 0.3) is 5.91 Å². The number of carbonyl (C=O) groups excluding carboxylic acids is 1. The van der Waals surface area contributed by atoms with Crippen molar-refractivity contribution < 1.29 is 14.3 Å². The molecule has 1 aliphatic carbocycles. The third-order valence-electron chi connectivity index (χ3n) is 6.40. The van der Waals surface area contributed by atoms with Gasteiger partial charge in [-0.3, -0.25) is 9.78 Å². The smallest absolute Gasteiger partial charge is 0.255 e. The molecule has 5 nitrogen and oxygen atoms in total. The van der Waals surface area contributed by atoms with Crippen LogP contribution in [0.25, 0.3) is 0 Å². The molecular formula is C21H30N2O3. The largest absolute Gasteiger partial charge is 0.380 e. The number of hydrogen-bond acceptors (Lipinski definition) is 4. The molecule has 2 aliphatic heterocycles. The zero-order valence-corrected chi connectivity index (χ0v) is 15.6. The Kier molecular flexibility index (Phi) is 5.55. The lowest BCUT2D eigenvalue weighted by Crippen LogP contribution is -2.58. The molecule has 1 amide bonds. The van der Waals surface area contributed by atoms with Crippen LogP contribution in [0.1, 0.15) is 55.3 Å². The molecule has 3 fully saturated rings. The van der Waals surface area contributed by atoms with Gasteiger partial charge in [-0.25, -0.2) is 0 Å². The van der Waals surface area contributed by atoms with Crippen molar-refractivity contribution in [2.45, 2.75) is 51.0 Å². The van der Waals surface area contributed by atoms with E-state index in [-0.39, 0.29) is 17.4 Å². The van der Waals surface area contributed by atoms with E-state index in [2.05, 4.69) is 4.98 Å². The van der Waals surface area contributed by atoms with Crippen molar-refractivity contribution in [1.29, 1.82) is 0 Å². The van der Waals surface area contributed by atoms with Gasteiger partial charge in [-0.15, -0.1) is 0 Å². The fourth-order valence-electron chi connectivity index (χ4n) is 4.95. The summed E-state index contributed by atoms with van der Waals surface area (Å²) in [5, 5.41) is 0. The number of rotatable bonds is 5. The summed E-state index contributed by atoms with van der Waals surface area (Å²) in [5.41, 5.74) is 0.622. The van der Waals surface area contributed by atoms with E-state index in [0.29, 0.717) is 12.2 Å². The Balaban J connectivity index is 1.43. The van der Waals surface area contributed by atoms with Gasteiger partial charge >= 0.3 is 0 Å².